The monoisotopic (exact) mass is 447 g/mol. The van der Waals surface area contributed by atoms with Gasteiger partial charge in [0.05, 0.1) is 10.6 Å². The number of pyridine rings is 1. The smallest absolute Gasteiger partial charge is 0.417 e. The van der Waals surface area contributed by atoms with Crippen molar-refractivity contribution in [2.75, 3.05) is 37.7 Å². The maximum atomic E-state index is 12.7. The predicted octanol–water partition coefficient (Wildman–Crippen LogP) is 4.44. The molecule has 3 rings (SSSR count). The maximum Gasteiger partial charge on any atom is 0.417 e. The Kier molecular flexibility index (Phi) is 6.43. The number of carbonyl (C=O) groups is 1. The van der Waals surface area contributed by atoms with Gasteiger partial charge < -0.3 is 14.5 Å². The van der Waals surface area contributed by atoms with Crippen molar-refractivity contribution in [2.45, 2.75) is 13.1 Å². The van der Waals surface area contributed by atoms with E-state index in [1.165, 1.54) is 0 Å². The molecule has 1 saturated heterocycles. The Morgan fingerprint density at radius 2 is 1.83 bits per heavy atom. The fourth-order valence-electron chi connectivity index (χ4n) is 2.93. The molecule has 5 nitrogen and oxygen atoms in total. The fourth-order valence-corrected chi connectivity index (χ4v) is 3.33. The Balaban J connectivity index is 1.54. The van der Waals surface area contributed by atoms with Gasteiger partial charge in [-0.3, -0.25) is 4.79 Å². The highest BCUT2D eigenvalue weighted by atomic mass is 35.5. The Labute approximate surface area is 176 Å². The number of rotatable bonds is 4. The van der Waals surface area contributed by atoms with Crippen molar-refractivity contribution in [3.05, 3.63) is 51.6 Å². The number of amides is 1. The number of alkyl halides is 3. The van der Waals surface area contributed by atoms with Gasteiger partial charge in [0.15, 0.2) is 6.61 Å². The summed E-state index contributed by atoms with van der Waals surface area (Å²) in [7, 11) is 0. The van der Waals surface area contributed by atoms with Crippen LogP contribution < -0.4 is 9.64 Å². The van der Waals surface area contributed by atoms with E-state index in [1.54, 1.807) is 28.0 Å². The summed E-state index contributed by atoms with van der Waals surface area (Å²) in [5.41, 5.74) is -0.0409. The van der Waals surface area contributed by atoms with Gasteiger partial charge >= 0.3 is 6.18 Å². The molecule has 1 fully saturated rings. The SMILES string of the molecule is Cc1cc(OCC(=O)N2CCN(c3ncc(C(F)(F)F)cc3Cl)CC2)ccc1Cl. The van der Waals surface area contributed by atoms with Crippen LogP contribution in [-0.4, -0.2) is 48.6 Å². The minimum atomic E-state index is -4.50. The number of carbonyl (C=O) groups excluding carboxylic acids is 1. The molecule has 156 valence electrons. The molecule has 2 heterocycles. The molecule has 1 amide bonds. The Morgan fingerprint density at radius 1 is 1.14 bits per heavy atom. The molecular formula is C19H18Cl2F3N3O2. The third-order valence-electron chi connectivity index (χ3n) is 4.57. The van der Waals surface area contributed by atoms with E-state index >= 15 is 0 Å². The Morgan fingerprint density at radius 3 is 2.41 bits per heavy atom. The van der Waals surface area contributed by atoms with Crippen molar-refractivity contribution < 1.29 is 22.7 Å². The number of aromatic nitrogens is 1. The third-order valence-corrected chi connectivity index (χ3v) is 5.27. The number of aryl methyl sites for hydroxylation is 1. The first kappa shape index (κ1) is 21.5. The molecule has 0 saturated carbocycles. The van der Waals surface area contributed by atoms with Crippen LogP contribution in [0.2, 0.25) is 10.0 Å². The number of anilines is 1. The summed E-state index contributed by atoms with van der Waals surface area (Å²) < 4.78 is 43.8. The van der Waals surface area contributed by atoms with Gasteiger partial charge in [0.1, 0.15) is 11.6 Å². The summed E-state index contributed by atoms with van der Waals surface area (Å²) in [6, 6.07) is 6.02. The second-order valence-corrected chi connectivity index (χ2v) is 7.41. The summed E-state index contributed by atoms with van der Waals surface area (Å²) >= 11 is 12.0. The van der Waals surface area contributed by atoms with Gasteiger partial charge in [0.2, 0.25) is 0 Å². The zero-order valence-corrected chi connectivity index (χ0v) is 17.0. The van der Waals surface area contributed by atoms with E-state index in [-0.39, 0.29) is 23.4 Å². The van der Waals surface area contributed by atoms with E-state index in [4.69, 9.17) is 27.9 Å². The zero-order valence-electron chi connectivity index (χ0n) is 15.5. The highest BCUT2D eigenvalue weighted by Crippen LogP contribution is 2.33. The van der Waals surface area contributed by atoms with E-state index < -0.39 is 11.7 Å². The fraction of sp³-hybridized carbons (Fsp3) is 0.368. The maximum absolute atomic E-state index is 12.7. The molecule has 29 heavy (non-hydrogen) atoms. The number of halogens is 5. The second kappa shape index (κ2) is 8.67. The lowest BCUT2D eigenvalue weighted by atomic mass is 10.2. The van der Waals surface area contributed by atoms with Crippen LogP contribution in [0.5, 0.6) is 5.75 Å². The third kappa shape index (κ3) is 5.25. The Hall–Kier alpha value is -2.19. The standard InChI is InChI=1S/C19H18Cl2F3N3O2/c1-12-8-14(2-3-15(12)20)29-11-17(28)26-4-6-27(7-5-26)18-16(21)9-13(10-25-18)19(22,23)24/h2-3,8-10H,4-7,11H2,1H3. The van der Waals surface area contributed by atoms with Crippen molar-refractivity contribution in [2.24, 2.45) is 0 Å². The molecule has 0 bridgehead atoms. The topological polar surface area (TPSA) is 45.7 Å². The summed E-state index contributed by atoms with van der Waals surface area (Å²) in [6.07, 6.45) is -3.73. The van der Waals surface area contributed by atoms with Crippen molar-refractivity contribution in [1.82, 2.24) is 9.88 Å². The normalized spacial score (nSPS) is 14.8. The van der Waals surface area contributed by atoms with E-state index in [1.807, 2.05) is 6.92 Å². The van der Waals surface area contributed by atoms with Gasteiger partial charge in [-0.25, -0.2) is 4.98 Å². The molecule has 1 aliphatic rings. The molecule has 0 unspecified atom stereocenters. The molecule has 0 spiro atoms. The predicted molar refractivity (Wildman–Crippen MR) is 105 cm³/mol. The van der Waals surface area contributed by atoms with E-state index in [9.17, 15) is 18.0 Å². The van der Waals surface area contributed by atoms with Gasteiger partial charge in [0.25, 0.3) is 5.91 Å². The lowest BCUT2D eigenvalue weighted by Crippen LogP contribution is -2.50. The highest BCUT2D eigenvalue weighted by molar-refractivity contribution is 6.33. The number of benzene rings is 1. The van der Waals surface area contributed by atoms with Crippen molar-refractivity contribution in [3.8, 4) is 5.75 Å². The van der Waals surface area contributed by atoms with Crippen LogP contribution in [0.25, 0.3) is 0 Å². The number of hydrogen-bond acceptors (Lipinski definition) is 4. The molecule has 0 aliphatic carbocycles. The highest BCUT2D eigenvalue weighted by Gasteiger charge is 2.32. The van der Waals surface area contributed by atoms with Crippen LogP contribution in [0.4, 0.5) is 19.0 Å². The minimum absolute atomic E-state index is 0.0685. The molecule has 1 aromatic heterocycles. The van der Waals surface area contributed by atoms with Crippen molar-refractivity contribution >= 4 is 34.9 Å². The van der Waals surface area contributed by atoms with Gasteiger partial charge in [-0.15, -0.1) is 0 Å². The molecule has 10 heteroatoms. The van der Waals surface area contributed by atoms with E-state index in [2.05, 4.69) is 4.98 Å². The summed E-state index contributed by atoms with van der Waals surface area (Å²) in [6.45, 7) is 3.33. The van der Waals surface area contributed by atoms with Crippen LogP contribution in [0, 0.1) is 6.92 Å². The lowest BCUT2D eigenvalue weighted by Gasteiger charge is -2.35. The van der Waals surface area contributed by atoms with Crippen LogP contribution >= 0.6 is 23.2 Å². The number of hydrogen-bond donors (Lipinski definition) is 0. The quantitative estimate of drug-likeness (QED) is 0.694. The average molecular weight is 448 g/mol. The summed E-state index contributed by atoms with van der Waals surface area (Å²) in [5.74, 6) is 0.656. The number of piperazine rings is 1. The molecule has 0 radical (unpaired) electrons. The first-order chi connectivity index (χ1) is 13.6. The van der Waals surface area contributed by atoms with Gasteiger partial charge in [-0.05, 0) is 36.8 Å². The van der Waals surface area contributed by atoms with E-state index in [0.29, 0.717) is 37.0 Å². The van der Waals surface area contributed by atoms with Crippen LogP contribution in [-0.2, 0) is 11.0 Å². The van der Waals surface area contributed by atoms with Crippen LogP contribution in [0.1, 0.15) is 11.1 Å². The lowest BCUT2D eigenvalue weighted by molar-refractivity contribution is -0.138. The zero-order chi connectivity index (χ0) is 21.2. The van der Waals surface area contributed by atoms with Crippen molar-refractivity contribution in [1.29, 1.82) is 0 Å². The minimum Gasteiger partial charge on any atom is -0.484 e. The molecule has 0 N–H and O–H groups in total. The largest absolute Gasteiger partial charge is 0.484 e. The molecule has 1 aromatic carbocycles. The molecule has 2 aromatic rings. The van der Waals surface area contributed by atoms with Gasteiger partial charge in [-0.1, -0.05) is 23.2 Å². The first-order valence-electron chi connectivity index (χ1n) is 8.79. The Bertz CT molecular complexity index is 901. The van der Waals surface area contributed by atoms with Crippen LogP contribution in [0.3, 0.4) is 0 Å². The van der Waals surface area contributed by atoms with Crippen molar-refractivity contribution in [3.63, 3.8) is 0 Å². The molecule has 1 aliphatic heterocycles. The van der Waals surface area contributed by atoms with E-state index in [0.717, 1.165) is 17.8 Å². The molecular weight excluding hydrogens is 430 g/mol. The van der Waals surface area contributed by atoms with Crippen LogP contribution in [0.15, 0.2) is 30.5 Å². The molecule has 0 atom stereocenters. The van der Waals surface area contributed by atoms with Gasteiger partial charge in [0, 0.05) is 37.4 Å². The number of nitrogens with zero attached hydrogens (tertiary/aromatic N) is 3. The average Bonchev–Trinajstić information content (AvgIpc) is 2.68. The summed E-state index contributed by atoms with van der Waals surface area (Å²) in [5, 5.41) is 0.552. The first-order valence-corrected chi connectivity index (χ1v) is 9.55. The van der Waals surface area contributed by atoms with Gasteiger partial charge in [-0.2, -0.15) is 13.2 Å². The summed E-state index contributed by atoms with van der Waals surface area (Å²) in [4.78, 5) is 19.6. The number of ether oxygens (including phenoxy) is 1. The second-order valence-electron chi connectivity index (χ2n) is 6.59.